The topological polar surface area (TPSA) is 117 Å². The molecule has 1 saturated heterocycles. The van der Waals surface area contributed by atoms with Gasteiger partial charge < -0.3 is 28.1 Å². The Kier molecular flexibility index (Phi) is 14.3. The van der Waals surface area contributed by atoms with Crippen molar-refractivity contribution >= 4 is 22.4 Å². The first kappa shape index (κ1) is 32.1. The first-order chi connectivity index (χ1) is 16.4. The van der Waals surface area contributed by atoms with Crippen molar-refractivity contribution in [2.75, 3.05) is 39.1 Å². The third kappa shape index (κ3) is 8.88. The number of benzene rings is 2. The summed E-state index contributed by atoms with van der Waals surface area (Å²) in [7, 11) is 3.78. The molecule has 3 aromatic rings. The Labute approximate surface area is 272 Å². The summed E-state index contributed by atoms with van der Waals surface area (Å²) in [5.41, 5.74) is 7.80. The number of carbonyl (C=O) groups is 1. The molecule has 0 saturated carbocycles. The van der Waals surface area contributed by atoms with Gasteiger partial charge in [0.2, 0.25) is 5.82 Å². The summed E-state index contributed by atoms with van der Waals surface area (Å²) in [6, 6.07) is 13.3. The molecule has 1 fully saturated rings. The van der Waals surface area contributed by atoms with E-state index in [0.29, 0.717) is 23.6 Å². The van der Waals surface area contributed by atoms with Crippen LogP contribution in [-0.2, 0) is 0 Å². The second-order valence-corrected chi connectivity index (χ2v) is 8.14. The molecule has 8 nitrogen and oxygen atoms in total. The molecule has 0 radical (unpaired) electrons. The number of aromatic nitrogens is 2. The summed E-state index contributed by atoms with van der Waals surface area (Å²) in [6.45, 7) is 6.63. The maximum absolute atomic E-state index is 11.3. The molecule has 1 aliphatic heterocycles. The van der Waals surface area contributed by atoms with Crippen LogP contribution in [0.2, 0.25) is 0 Å². The Bertz CT molecular complexity index is 1220. The number of rotatable bonds is 6. The van der Waals surface area contributed by atoms with Crippen molar-refractivity contribution in [1.82, 2.24) is 14.9 Å². The van der Waals surface area contributed by atoms with Crippen LogP contribution >= 0.6 is 0 Å². The fourth-order valence-electron chi connectivity index (χ4n) is 3.74. The summed E-state index contributed by atoms with van der Waals surface area (Å²) in [5.74, 6) is -0.0792. The number of amides is 1. The minimum Gasteiger partial charge on any atom is -0.495 e. The molecule has 9 heteroatoms. The van der Waals surface area contributed by atoms with Crippen LogP contribution < -0.4 is 84.7 Å². The van der Waals surface area contributed by atoms with Gasteiger partial charge >= 0.3 is 68.9 Å². The number of carbonyl (C=O) groups excluding carboxylic acids is 1. The smallest absolute Gasteiger partial charge is 0.495 e. The quantitative estimate of drug-likeness (QED) is 0.323. The van der Waals surface area contributed by atoms with E-state index in [2.05, 4.69) is 33.8 Å². The molecule has 3 N–H and O–H groups in total. The normalized spacial score (nSPS) is 12.6. The molecule has 0 unspecified atom stereocenters. The van der Waals surface area contributed by atoms with Crippen LogP contribution in [0.15, 0.2) is 54.7 Å². The number of piperidine rings is 1. The fraction of sp³-hybridized carbons (Fsp3) is 0.296. The summed E-state index contributed by atoms with van der Waals surface area (Å²) >= 11 is 0. The standard InChI is InChI=1S/C20H17N5O2.C6H13N.CH3.Cs/c1-12(10-21)11-24-18-15-9-14(4-3-13(15)5-6-17(18)27-2)16-7-8-23-20(25-16)19(22)26;1-7-5-3-2-4-6-7;;/h3-9,24H,1,11H2,2H3,(H2,22,26);2-6H2,1H3;1H3;/q;;-1;+1. The summed E-state index contributed by atoms with van der Waals surface area (Å²) < 4.78 is 5.45. The third-order valence-electron chi connectivity index (χ3n) is 5.59. The van der Waals surface area contributed by atoms with E-state index in [4.69, 9.17) is 15.7 Å². The molecule has 2 aromatic carbocycles. The van der Waals surface area contributed by atoms with Crippen molar-refractivity contribution in [3.63, 3.8) is 0 Å². The molecule has 4 rings (SSSR count). The van der Waals surface area contributed by atoms with Gasteiger partial charge in [0.25, 0.3) is 5.91 Å². The second kappa shape index (κ2) is 16.0. The van der Waals surface area contributed by atoms with Gasteiger partial charge in [-0.1, -0.05) is 31.2 Å². The molecule has 1 aliphatic rings. The number of nitrogens with one attached hydrogen (secondary N) is 1. The van der Waals surface area contributed by atoms with Crippen molar-refractivity contribution in [2.24, 2.45) is 5.73 Å². The first-order valence-electron chi connectivity index (χ1n) is 11.2. The fourth-order valence-corrected chi connectivity index (χ4v) is 3.74. The second-order valence-electron chi connectivity index (χ2n) is 8.14. The van der Waals surface area contributed by atoms with Crippen LogP contribution in [0, 0.1) is 18.8 Å². The number of hydrogen-bond acceptors (Lipinski definition) is 7. The molecule has 1 aromatic heterocycles. The SMILES string of the molecule is C=C(C#N)CNc1c(OC)ccc2ccc(-c3ccnc(C(N)=O)n3)cc12.CN1CCCCC1.[CH3-].[Cs+]. The third-order valence-corrected chi connectivity index (χ3v) is 5.59. The number of nitrogens with two attached hydrogens (primary N) is 1. The molecule has 1 amide bonds. The molecule has 0 spiro atoms. The maximum Gasteiger partial charge on any atom is 1.00 e. The summed E-state index contributed by atoms with van der Waals surface area (Å²) in [5, 5.41) is 14.0. The van der Waals surface area contributed by atoms with E-state index in [-0.39, 0.29) is 82.1 Å². The molecular weight excluding hydrogens is 573 g/mol. The minimum atomic E-state index is -0.684. The summed E-state index contributed by atoms with van der Waals surface area (Å²) in [4.78, 5) is 21.8. The van der Waals surface area contributed by atoms with Gasteiger partial charge in [-0.15, -0.1) is 0 Å². The number of primary amides is 1. The number of ether oxygens (including phenoxy) is 1. The number of nitriles is 1. The van der Waals surface area contributed by atoms with Crippen molar-refractivity contribution in [3.8, 4) is 23.1 Å². The molecule has 0 atom stereocenters. The zero-order valence-electron chi connectivity index (χ0n) is 21.7. The first-order valence-corrected chi connectivity index (χ1v) is 11.2. The molecule has 184 valence electrons. The van der Waals surface area contributed by atoms with E-state index in [0.717, 1.165) is 22.0 Å². The van der Waals surface area contributed by atoms with Gasteiger partial charge in [-0.2, -0.15) is 5.26 Å². The Hall–Kier alpha value is -1.91. The zero-order valence-corrected chi connectivity index (χ0v) is 28.0. The minimum absolute atomic E-state index is 0. The van der Waals surface area contributed by atoms with Crippen LogP contribution in [-0.4, -0.2) is 54.6 Å². The van der Waals surface area contributed by atoms with E-state index >= 15 is 0 Å². The predicted octanol–water partition coefficient (Wildman–Crippen LogP) is 1.45. The summed E-state index contributed by atoms with van der Waals surface area (Å²) in [6.07, 6.45) is 5.77. The van der Waals surface area contributed by atoms with Crippen molar-refractivity contribution in [3.05, 3.63) is 68.0 Å². The zero-order chi connectivity index (χ0) is 24.5. The van der Waals surface area contributed by atoms with E-state index in [1.54, 1.807) is 13.2 Å². The van der Waals surface area contributed by atoms with E-state index in [1.807, 2.05) is 36.4 Å². The Balaban J connectivity index is 0.000000623. The van der Waals surface area contributed by atoms with Gasteiger partial charge in [0.15, 0.2) is 0 Å². The van der Waals surface area contributed by atoms with Gasteiger partial charge in [0.05, 0.1) is 24.6 Å². The molecule has 36 heavy (non-hydrogen) atoms. The van der Waals surface area contributed by atoms with Gasteiger partial charge in [0.1, 0.15) is 5.75 Å². The average Bonchev–Trinajstić information content (AvgIpc) is 2.87. The van der Waals surface area contributed by atoms with Crippen molar-refractivity contribution in [1.29, 1.82) is 5.26 Å². The number of anilines is 1. The number of nitrogens with zero attached hydrogens (tertiary/aromatic N) is 4. The Morgan fingerprint density at radius 1 is 1.22 bits per heavy atom. The van der Waals surface area contributed by atoms with Crippen molar-refractivity contribution in [2.45, 2.75) is 19.3 Å². The average molecular weight is 607 g/mol. The number of hydrogen-bond donors (Lipinski definition) is 2. The number of fused-ring (bicyclic) bond motifs is 1. The number of likely N-dealkylation sites (tertiary alicyclic amines) is 1. The maximum atomic E-state index is 11.3. The van der Waals surface area contributed by atoms with Gasteiger partial charge in [0, 0.05) is 29.3 Å². The van der Waals surface area contributed by atoms with Gasteiger partial charge in [-0.3, -0.25) is 4.79 Å². The van der Waals surface area contributed by atoms with Crippen LogP contribution in [0.25, 0.3) is 22.0 Å². The number of methoxy groups -OCH3 is 1. The Morgan fingerprint density at radius 3 is 2.50 bits per heavy atom. The predicted molar refractivity (Wildman–Crippen MR) is 141 cm³/mol. The molecule has 0 aliphatic carbocycles. The Morgan fingerprint density at radius 2 is 1.92 bits per heavy atom. The van der Waals surface area contributed by atoms with Gasteiger partial charge in [-0.05, 0) is 56.6 Å². The monoisotopic (exact) mass is 606 g/mol. The van der Waals surface area contributed by atoms with Crippen LogP contribution in [0.4, 0.5) is 5.69 Å². The largest absolute Gasteiger partial charge is 1.00 e. The van der Waals surface area contributed by atoms with E-state index < -0.39 is 5.91 Å². The van der Waals surface area contributed by atoms with E-state index in [1.165, 1.54) is 38.5 Å². The van der Waals surface area contributed by atoms with Crippen LogP contribution in [0.1, 0.15) is 29.9 Å². The van der Waals surface area contributed by atoms with Gasteiger partial charge in [-0.25, -0.2) is 9.97 Å². The molecule has 0 bridgehead atoms. The molecule has 2 heterocycles. The molecular formula is C27H33CsN6O2. The van der Waals surface area contributed by atoms with Crippen molar-refractivity contribution < 1.29 is 78.4 Å². The van der Waals surface area contributed by atoms with Crippen LogP contribution in [0.5, 0.6) is 5.75 Å². The van der Waals surface area contributed by atoms with Crippen LogP contribution in [0.3, 0.4) is 0 Å². The van der Waals surface area contributed by atoms with E-state index in [9.17, 15) is 4.79 Å².